The van der Waals surface area contributed by atoms with Crippen molar-refractivity contribution in [3.05, 3.63) is 33.0 Å². The smallest absolute Gasteiger partial charge is 0.107 e. The van der Waals surface area contributed by atoms with Crippen molar-refractivity contribution in [1.82, 2.24) is 20.1 Å². The summed E-state index contributed by atoms with van der Waals surface area (Å²) in [5.74, 6) is 0. The normalized spacial score (nSPS) is 11.1. The molecule has 0 radical (unpaired) electrons. The van der Waals surface area contributed by atoms with Crippen molar-refractivity contribution in [3.63, 3.8) is 0 Å². The number of hydrogen-bond acceptors (Lipinski definition) is 4. The second-order valence-electron chi connectivity index (χ2n) is 4.17. The van der Waals surface area contributed by atoms with E-state index in [0.717, 1.165) is 35.9 Å². The summed E-state index contributed by atoms with van der Waals surface area (Å²) in [7, 11) is 0. The van der Waals surface area contributed by atoms with Gasteiger partial charge < -0.3 is 5.32 Å². The SMILES string of the molecule is CCCNCc1nc(Cn2cc(Cl)c(C)n2)cs1. The minimum Gasteiger partial charge on any atom is -0.310 e. The summed E-state index contributed by atoms with van der Waals surface area (Å²) in [6, 6.07) is 0. The van der Waals surface area contributed by atoms with Crippen molar-refractivity contribution in [2.75, 3.05) is 6.54 Å². The zero-order valence-electron chi connectivity index (χ0n) is 10.6. The Kier molecular flexibility index (Phi) is 4.74. The Morgan fingerprint density at radius 3 is 3.00 bits per heavy atom. The molecule has 0 aliphatic carbocycles. The van der Waals surface area contributed by atoms with E-state index >= 15 is 0 Å². The maximum atomic E-state index is 5.97. The highest BCUT2D eigenvalue weighted by molar-refractivity contribution is 7.09. The number of nitrogens with zero attached hydrogens (tertiary/aromatic N) is 3. The van der Waals surface area contributed by atoms with Gasteiger partial charge in [0.05, 0.1) is 23.0 Å². The van der Waals surface area contributed by atoms with Crippen molar-refractivity contribution in [3.8, 4) is 0 Å². The van der Waals surface area contributed by atoms with Crippen molar-refractivity contribution >= 4 is 22.9 Å². The molecular formula is C12H17ClN4S. The first-order valence-electron chi connectivity index (χ1n) is 6.02. The lowest BCUT2D eigenvalue weighted by atomic mass is 10.4. The van der Waals surface area contributed by atoms with Crippen LogP contribution in [0.1, 0.15) is 29.7 Å². The molecule has 1 N–H and O–H groups in total. The molecule has 0 saturated carbocycles. The molecule has 0 fully saturated rings. The minimum atomic E-state index is 0.678. The molecule has 0 spiro atoms. The molecule has 2 heterocycles. The van der Waals surface area contributed by atoms with Crippen LogP contribution in [0, 0.1) is 6.92 Å². The third kappa shape index (κ3) is 3.54. The molecule has 0 aliphatic heterocycles. The van der Waals surface area contributed by atoms with E-state index in [1.165, 1.54) is 0 Å². The third-order valence-corrected chi connectivity index (χ3v) is 3.78. The zero-order valence-corrected chi connectivity index (χ0v) is 12.2. The lowest BCUT2D eigenvalue weighted by Crippen LogP contribution is -2.13. The Morgan fingerprint density at radius 1 is 1.50 bits per heavy atom. The highest BCUT2D eigenvalue weighted by atomic mass is 35.5. The van der Waals surface area contributed by atoms with Crippen molar-refractivity contribution in [2.24, 2.45) is 0 Å². The number of aryl methyl sites for hydroxylation is 1. The highest BCUT2D eigenvalue weighted by Gasteiger charge is 2.05. The Hall–Kier alpha value is -0.910. The fraction of sp³-hybridized carbons (Fsp3) is 0.500. The number of aromatic nitrogens is 3. The van der Waals surface area contributed by atoms with Gasteiger partial charge in [-0.3, -0.25) is 4.68 Å². The van der Waals surface area contributed by atoms with Crippen LogP contribution in [0.5, 0.6) is 0 Å². The Morgan fingerprint density at radius 2 is 2.33 bits per heavy atom. The lowest BCUT2D eigenvalue weighted by Gasteiger charge is -1.99. The van der Waals surface area contributed by atoms with Crippen LogP contribution in [0.2, 0.25) is 5.02 Å². The molecule has 2 aromatic heterocycles. The topological polar surface area (TPSA) is 42.7 Å². The average molecular weight is 285 g/mol. The molecular weight excluding hydrogens is 268 g/mol. The van der Waals surface area contributed by atoms with Gasteiger partial charge in [-0.2, -0.15) is 5.10 Å². The second-order valence-corrected chi connectivity index (χ2v) is 5.52. The third-order valence-electron chi connectivity index (χ3n) is 2.51. The summed E-state index contributed by atoms with van der Waals surface area (Å²) in [4.78, 5) is 4.57. The van der Waals surface area contributed by atoms with Crippen molar-refractivity contribution < 1.29 is 0 Å². The predicted octanol–water partition coefficient (Wildman–Crippen LogP) is 2.85. The standard InChI is InChI=1S/C12H17ClN4S/c1-3-4-14-5-12-15-10(8-18-12)6-17-7-11(13)9(2)16-17/h7-8,14H,3-6H2,1-2H3. The van der Waals surface area contributed by atoms with Crippen LogP contribution >= 0.6 is 22.9 Å². The summed E-state index contributed by atoms with van der Waals surface area (Å²) < 4.78 is 1.83. The molecule has 0 aromatic carbocycles. The van der Waals surface area contributed by atoms with Gasteiger partial charge in [-0.1, -0.05) is 18.5 Å². The lowest BCUT2D eigenvalue weighted by molar-refractivity contribution is 0.653. The van der Waals surface area contributed by atoms with E-state index in [1.54, 1.807) is 11.3 Å². The fourth-order valence-electron chi connectivity index (χ4n) is 1.62. The van der Waals surface area contributed by atoms with E-state index in [0.29, 0.717) is 11.6 Å². The van der Waals surface area contributed by atoms with Crippen LogP contribution in [0.4, 0.5) is 0 Å². The molecule has 18 heavy (non-hydrogen) atoms. The average Bonchev–Trinajstić information content (AvgIpc) is 2.88. The first-order valence-corrected chi connectivity index (χ1v) is 7.28. The van der Waals surface area contributed by atoms with Crippen LogP contribution in [-0.4, -0.2) is 21.3 Å². The van der Waals surface area contributed by atoms with Gasteiger partial charge in [-0.25, -0.2) is 4.98 Å². The maximum absolute atomic E-state index is 5.97. The summed E-state index contributed by atoms with van der Waals surface area (Å²) >= 11 is 7.66. The molecule has 0 atom stereocenters. The molecule has 0 unspecified atom stereocenters. The second kappa shape index (κ2) is 6.31. The minimum absolute atomic E-state index is 0.678. The van der Waals surface area contributed by atoms with E-state index < -0.39 is 0 Å². The summed E-state index contributed by atoms with van der Waals surface area (Å²) in [5, 5.41) is 11.6. The Labute approximate surface area is 116 Å². The number of thiazole rings is 1. The van der Waals surface area contributed by atoms with E-state index in [-0.39, 0.29) is 0 Å². The first-order chi connectivity index (χ1) is 8.69. The number of halogens is 1. The molecule has 6 heteroatoms. The van der Waals surface area contributed by atoms with Gasteiger partial charge in [0, 0.05) is 18.1 Å². The zero-order chi connectivity index (χ0) is 13.0. The highest BCUT2D eigenvalue weighted by Crippen LogP contribution is 2.15. The summed E-state index contributed by atoms with van der Waals surface area (Å²) in [6.07, 6.45) is 2.98. The number of hydrogen-bond donors (Lipinski definition) is 1. The van der Waals surface area contributed by atoms with Gasteiger partial charge in [-0.05, 0) is 19.9 Å². The number of nitrogens with one attached hydrogen (secondary N) is 1. The molecule has 0 bridgehead atoms. The van der Waals surface area contributed by atoms with Crippen LogP contribution in [-0.2, 0) is 13.1 Å². The predicted molar refractivity (Wildman–Crippen MR) is 75.2 cm³/mol. The monoisotopic (exact) mass is 284 g/mol. The molecule has 4 nitrogen and oxygen atoms in total. The van der Waals surface area contributed by atoms with Crippen LogP contribution < -0.4 is 5.32 Å². The van der Waals surface area contributed by atoms with Crippen LogP contribution in [0.3, 0.4) is 0 Å². The van der Waals surface area contributed by atoms with Crippen molar-refractivity contribution in [2.45, 2.75) is 33.4 Å². The van der Waals surface area contributed by atoms with Gasteiger partial charge in [0.2, 0.25) is 0 Å². The van der Waals surface area contributed by atoms with Crippen molar-refractivity contribution in [1.29, 1.82) is 0 Å². The quantitative estimate of drug-likeness (QED) is 0.830. The van der Waals surface area contributed by atoms with Gasteiger partial charge in [0.1, 0.15) is 5.01 Å². The van der Waals surface area contributed by atoms with Crippen LogP contribution in [0.15, 0.2) is 11.6 Å². The fourth-order valence-corrected chi connectivity index (χ4v) is 2.52. The molecule has 2 rings (SSSR count). The Bertz CT molecular complexity index is 486. The summed E-state index contributed by atoms with van der Waals surface area (Å²) in [6.45, 7) is 6.61. The maximum Gasteiger partial charge on any atom is 0.107 e. The molecule has 98 valence electrons. The van der Waals surface area contributed by atoms with E-state index in [9.17, 15) is 0 Å². The molecule has 0 amide bonds. The largest absolute Gasteiger partial charge is 0.310 e. The Balaban J connectivity index is 1.93. The molecule has 0 aliphatic rings. The van der Waals surface area contributed by atoms with Gasteiger partial charge >= 0.3 is 0 Å². The molecule has 2 aromatic rings. The van der Waals surface area contributed by atoms with Gasteiger partial charge in [0.15, 0.2) is 0 Å². The van der Waals surface area contributed by atoms with Gasteiger partial charge in [0.25, 0.3) is 0 Å². The van der Waals surface area contributed by atoms with E-state index in [2.05, 4.69) is 27.7 Å². The van der Waals surface area contributed by atoms with Crippen LogP contribution in [0.25, 0.3) is 0 Å². The van der Waals surface area contributed by atoms with E-state index in [1.807, 2.05) is 17.8 Å². The number of rotatable bonds is 6. The van der Waals surface area contributed by atoms with E-state index in [4.69, 9.17) is 11.6 Å². The van der Waals surface area contributed by atoms with Gasteiger partial charge in [-0.15, -0.1) is 11.3 Å². The summed E-state index contributed by atoms with van der Waals surface area (Å²) in [5.41, 5.74) is 1.89. The first kappa shape index (κ1) is 13.5. The molecule has 0 saturated heterocycles.